The molecule has 1 heterocycles. The molecule has 0 aliphatic rings. The lowest BCUT2D eigenvalue weighted by molar-refractivity contribution is 0.0595. The quantitative estimate of drug-likeness (QED) is 0.814. The first-order valence-corrected chi connectivity index (χ1v) is 6.64. The molecule has 0 fully saturated rings. The van der Waals surface area contributed by atoms with Gasteiger partial charge in [0, 0.05) is 19.2 Å². The first kappa shape index (κ1) is 15.2. The van der Waals surface area contributed by atoms with Gasteiger partial charge in [-0.15, -0.1) is 0 Å². The Labute approximate surface area is 122 Å². The maximum atomic E-state index is 13.9. The third kappa shape index (κ3) is 2.79. The second-order valence-corrected chi connectivity index (χ2v) is 5.15. The molecule has 0 N–H and O–H groups in total. The highest BCUT2D eigenvalue weighted by Gasteiger charge is 2.17. The topological polar surface area (TPSA) is 55.3 Å². The van der Waals surface area contributed by atoms with Gasteiger partial charge in [0.15, 0.2) is 5.82 Å². The van der Waals surface area contributed by atoms with Crippen molar-refractivity contribution >= 4 is 22.8 Å². The van der Waals surface area contributed by atoms with Crippen molar-refractivity contribution < 1.29 is 13.9 Å². The number of hydrogen-bond donors (Lipinski definition) is 0. The van der Waals surface area contributed by atoms with E-state index in [4.69, 9.17) is 0 Å². The molecule has 0 radical (unpaired) electrons. The normalized spacial score (nSPS) is 11.0. The van der Waals surface area contributed by atoms with Gasteiger partial charge in [-0.3, -0.25) is 0 Å². The zero-order valence-electron chi connectivity index (χ0n) is 12.8. The molecule has 0 amide bonds. The largest absolute Gasteiger partial charge is 0.465 e. The summed E-state index contributed by atoms with van der Waals surface area (Å²) in [7, 11) is 3.13. The first-order chi connectivity index (χ1) is 9.85. The lowest BCUT2D eigenvalue weighted by atomic mass is 10.1. The van der Waals surface area contributed by atoms with Crippen LogP contribution in [0, 0.1) is 12.7 Å². The predicted molar refractivity (Wildman–Crippen MR) is 79.1 cm³/mol. The van der Waals surface area contributed by atoms with E-state index < -0.39 is 11.8 Å². The molecule has 112 valence electrons. The Hall–Kier alpha value is -2.24. The molecule has 21 heavy (non-hydrogen) atoms. The van der Waals surface area contributed by atoms with Gasteiger partial charge in [0.25, 0.3) is 0 Å². The second-order valence-electron chi connectivity index (χ2n) is 5.15. The summed E-state index contributed by atoms with van der Waals surface area (Å²) in [6, 6.07) is 2.83. The fourth-order valence-corrected chi connectivity index (χ4v) is 2.00. The molecule has 5 nitrogen and oxygen atoms in total. The Kier molecular flexibility index (Phi) is 4.06. The van der Waals surface area contributed by atoms with Crippen molar-refractivity contribution in [2.24, 2.45) is 0 Å². The number of aromatic nitrogens is 2. The Bertz CT molecular complexity index is 701. The molecule has 2 rings (SSSR count). The maximum absolute atomic E-state index is 13.9. The second kappa shape index (κ2) is 5.63. The van der Waals surface area contributed by atoms with Gasteiger partial charge >= 0.3 is 5.97 Å². The molecule has 0 saturated heterocycles. The van der Waals surface area contributed by atoms with Gasteiger partial charge in [-0.25, -0.2) is 19.2 Å². The number of esters is 1. The monoisotopic (exact) mass is 291 g/mol. The van der Waals surface area contributed by atoms with Crippen LogP contribution in [0.25, 0.3) is 11.0 Å². The molecular weight excluding hydrogens is 273 g/mol. The number of ether oxygens (including phenoxy) is 1. The van der Waals surface area contributed by atoms with E-state index in [2.05, 4.69) is 14.7 Å². The summed E-state index contributed by atoms with van der Waals surface area (Å²) < 4.78 is 18.5. The van der Waals surface area contributed by atoms with Gasteiger partial charge in [0.2, 0.25) is 0 Å². The number of anilines is 1. The first-order valence-electron chi connectivity index (χ1n) is 6.64. The molecule has 0 aliphatic heterocycles. The maximum Gasteiger partial charge on any atom is 0.340 e. The van der Waals surface area contributed by atoms with Crippen molar-refractivity contribution in [3.05, 3.63) is 29.2 Å². The molecule has 0 bridgehead atoms. The molecule has 1 aromatic carbocycles. The minimum atomic E-state index is -0.726. The van der Waals surface area contributed by atoms with Gasteiger partial charge in [0.1, 0.15) is 5.82 Å². The average molecular weight is 291 g/mol. The molecule has 1 aromatic heterocycles. The standard InChI is InChI=1S/C15H18FN3O2/c1-8(2)19(4)14-9(3)17-13-7-11(16)10(15(20)21-5)6-12(13)18-14/h6-8H,1-5H3. The SMILES string of the molecule is COC(=O)c1cc2nc(N(C)C(C)C)c(C)nc2cc1F. The molecule has 6 heteroatoms. The van der Waals surface area contributed by atoms with Crippen molar-refractivity contribution in [3.63, 3.8) is 0 Å². The highest BCUT2D eigenvalue weighted by molar-refractivity contribution is 5.94. The van der Waals surface area contributed by atoms with Crippen LogP contribution < -0.4 is 4.90 Å². The molecular formula is C15H18FN3O2. The minimum absolute atomic E-state index is 0.138. The van der Waals surface area contributed by atoms with Crippen LogP contribution in [0.1, 0.15) is 29.9 Å². The fraction of sp³-hybridized carbons (Fsp3) is 0.400. The summed E-state index contributed by atoms with van der Waals surface area (Å²) in [6.07, 6.45) is 0. The van der Waals surface area contributed by atoms with Crippen LogP contribution >= 0.6 is 0 Å². The summed E-state index contributed by atoms with van der Waals surface area (Å²) in [6.45, 7) is 5.90. The van der Waals surface area contributed by atoms with Crippen molar-refractivity contribution in [3.8, 4) is 0 Å². The van der Waals surface area contributed by atoms with Crippen molar-refractivity contribution in [1.29, 1.82) is 0 Å². The summed E-state index contributed by atoms with van der Waals surface area (Å²) in [4.78, 5) is 22.4. The van der Waals surface area contributed by atoms with E-state index in [1.54, 1.807) is 0 Å². The third-order valence-corrected chi connectivity index (χ3v) is 3.42. The van der Waals surface area contributed by atoms with Crippen LogP contribution in [-0.4, -0.2) is 36.1 Å². The number of methoxy groups -OCH3 is 1. The van der Waals surface area contributed by atoms with Crippen LogP contribution in [0.3, 0.4) is 0 Å². The Morgan fingerprint density at radius 1 is 1.29 bits per heavy atom. The Balaban J connectivity index is 2.65. The van der Waals surface area contributed by atoms with Gasteiger partial charge in [0.05, 0.1) is 29.4 Å². The van der Waals surface area contributed by atoms with Crippen molar-refractivity contribution in [1.82, 2.24) is 9.97 Å². The summed E-state index contributed by atoms with van der Waals surface area (Å²) in [5, 5.41) is 0. The highest BCUT2D eigenvalue weighted by atomic mass is 19.1. The summed E-state index contributed by atoms with van der Waals surface area (Å²) in [5.74, 6) is -0.677. The predicted octanol–water partition coefficient (Wildman–Crippen LogP) is 2.71. The van der Waals surface area contributed by atoms with Crippen LogP contribution in [0.2, 0.25) is 0 Å². The molecule has 0 saturated carbocycles. The minimum Gasteiger partial charge on any atom is -0.465 e. The third-order valence-electron chi connectivity index (χ3n) is 3.42. The molecule has 0 spiro atoms. The van der Waals surface area contributed by atoms with E-state index in [-0.39, 0.29) is 11.6 Å². The fourth-order valence-electron chi connectivity index (χ4n) is 2.00. The summed E-state index contributed by atoms with van der Waals surface area (Å²) >= 11 is 0. The van der Waals surface area contributed by atoms with Gasteiger partial charge < -0.3 is 9.64 Å². The number of halogens is 1. The number of carbonyl (C=O) groups is 1. The Morgan fingerprint density at radius 2 is 1.90 bits per heavy atom. The number of carbonyl (C=O) groups excluding carboxylic acids is 1. The number of fused-ring (bicyclic) bond motifs is 1. The van der Waals surface area contributed by atoms with Crippen molar-refractivity contribution in [2.45, 2.75) is 26.8 Å². The number of aryl methyl sites for hydroxylation is 1. The van der Waals surface area contributed by atoms with E-state index in [0.29, 0.717) is 22.5 Å². The zero-order chi connectivity index (χ0) is 15.7. The van der Waals surface area contributed by atoms with Crippen LogP contribution in [0.4, 0.5) is 10.2 Å². The van der Waals surface area contributed by atoms with Gasteiger partial charge in [-0.1, -0.05) is 0 Å². The number of rotatable bonds is 3. The zero-order valence-corrected chi connectivity index (χ0v) is 12.8. The van der Waals surface area contributed by atoms with Crippen LogP contribution in [0.15, 0.2) is 12.1 Å². The van der Waals surface area contributed by atoms with E-state index in [0.717, 1.165) is 0 Å². The van der Waals surface area contributed by atoms with Gasteiger partial charge in [-0.2, -0.15) is 0 Å². The van der Waals surface area contributed by atoms with Crippen molar-refractivity contribution in [2.75, 3.05) is 19.1 Å². The average Bonchev–Trinajstić information content (AvgIpc) is 2.44. The van der Waals surface area contributed by atoms with Crippen LogP contribution in [0.5, 0.6) is 0 Å². The number of benzene rings is 1. The highest BCUT2D eigenvalue weighted by Crippen LogP contribution is 2.23. The molecule has 2 aromatic rings. The molecule has 0 atom stereocenters. The number of hydrogen-bond acceptors (Lipinski definition) is 5. The Morgan fingerprint density at radius 3 is 2.48 bits per heavy atom. The van der Waals surface area contributed by atoms with E-state index in [1.165, 1.54) is 19.2 Å². The summed E-state index contributed by atoms with van der Waals surface area (Å²) in [5.41, 5.74) is 1.45. The smallest absolute Gasteiger partial charge is 0.340 e. The molecule has 0 aliphatic carbocycles. The van der Waals surface area contributed by atoms with E-state index in [1.807, 2.05) is 32.7 Å². The van der Waals surface area contributed by atoms with Crippen LogP contribution in [-0.2, 0) is 4.74 Å². The number of nitrogens with zero attached hydrogens (tertiary/aromatic N) is 3. The van der Waals surface area contributed by atoms with E-state index in [9.17, 15) is 9.18 Å². The lowest BCUT2D eigenvalue weighted by Crippen LogP contribution is -2.27. The van der Waals surface area contributed by atoms with E-state index >= 15 is 0 Å². The lowest BCUT2D eigenvalue weighted by Gasteiger charge is -2.24. The van der Waals surface area contributed by atoms with Gasteiger partial charge in [-0.05, 0) is 26.8 Å². The molecule has 0 unspecified atom stereocenters.